The molecule has 2 N–H and O–H groups in total. The largest absolute Gasteiger partial charge is 0.497 e. The maximum atomic E-state index is 11.0. The minimum absolute atomic E-state index is 0.00828. The molecule has 1 fully saturated rings. The van der Waals surface area contributed by atoms with Gasteiger partial charge < -0.3 is 15.4 Å². The number of carbonyl (C=O) groups excluding carboxylic acids is 1. The van der Waals surface area contributed by atoms with Crippen LogP contribution in [0.15, 0.2) is 48.5 Å². The molecule has 0 saturated heterocycles. The third-order valence-electron chi connectivity index (χ3n) is 5.50. The highest BCUT2D eigenvalue weighted by Gasteiger charge is 2.27. The fraction of sp³-hybridized carbons (Fsp3) is 0.435. The monoisotopic (exact) mass is 366 g/mol. The van der Waals surface area contributed by atoms with E-state index in [0.717, 1.165) is 11.3 Å². The van der Waals surface area contributed by atoms with Crippen LogP contribution in [-0.4, -0.2) is 19.1 Å². The van der Waals surface area contributed by atoms with Gasteiger partial charge in [0.15, 0.2) is 0 Å². The van der Waals surface area contributed by atoms with E-state index in [1.807, 2.05) is 12.1 Å². The molecule has 0 radical (unpaired) electrons. The van der Waals surface area contributed by atoms with Crippen molar-refractivity contribution in [2.24, 2.45) is 0 Å². The van der Waals surface area contributed by atoms with Gasteiger partial charge in [-0.25, -0.2) is 0 Å². The molecule has 144 valence electrons. The first kappa shape index (κ1) is 19.4. The summed E-state index contributed by atoms with van der Waals surface area (Å²) in [6, 6.07) is 17.8. The first-order valence-corrected chi connectivity index (χ1v) is 9.78. The van der Waals surface area contributed by atoms with Crippen LogP contribution in [0.2, 0.25) is 0 Å². The Morgan fingerprint density at radius 3 is 2.67 bits per heavy atom. The first-order chi connectivity index (χ1) is 13.0. The van der Waals surface area contributed by atoms with E-state index < -0.39 is 0 Å². The highest BCUT2D eigenvalue weighted by molar-refractivity contribution is 5.72. The third kappa shape index (κ3) is 5.33. The molecule has 3 rings (SSSR count). The molecular formula is C23H30N2O2. The maximum Gasteiger partial charge on any atom is 0.217 e. The van der Waals surface area contributed by atoms with Gasteiger partial charge in [0.25, 0.3) is 0 Å². The molecular weight excluding hydrogens is 336 g/mol. The Morgan fingerprint density at radius 2 is 1.96 bits per heavy atom. The van der Waals surface area contributed by atoms with Gasteiger partial charge >= 0.3 is 0 Å². The van der Waals surface area contributed by atoms with Gasteiger partial charge in [-0.15, -0.1) is 0 Å². The van der Waals surface area contributed by atoms with Crippen LogP contribution in [0, 0.1) is 0 Å². The Bertz CT molecular complexity index is 757. The average molecular weight is 367 g/mol. The number of benzene rings is 2. The molecule has 0 spiro atoms. The van der Waals surface area contributed by atoms with Crippen molar-refractivity contribution in [3.8, 4) is 5.75 Å². The Hall–Kier alpha value is -2.33. The van der Waals surface area contributed by atoms with Gasteiger partial charge in [0.1, 0.15) is 5.75 Å². The van der Waals surface area contributed by atoms with Crippen molar-refractivity contribution in [1.82, 2.24) is 10.6 Å². The van der Waals surface area contributed by atoms with Crippen LogP contribution in [0.4, 0.5) is 0 Å². The van der Waals surface area contributed by atoms with Crippen LogP contribution in [0.5, 0.6) is 5.75 Å². The molecule has 4 nitrogen and oxygen atoms in total. The van der Waals surface area contributed by atoms with E-state index in [4.69, 9.17) is 4.74 Å². The Balaban J connectivity index is 1.54. The van der Waals surface area contributed by atoms with E-state index in [2.05, 4.69) is 54.0 Å². The van der Waals surface area contributed by atoms with Crippen LogP contribution in [-0.2, 0) is 11.3 Å². The summed E-state index contributed by atoms with van der Waals surface area (Å²) in [4.78, 5) is 11.0. The van der Waals surface area contributed by atoms with Crippen molar-refractivity contribution < 1.29 is 9.53 Å². The summed E-state index contributed by atoms with van der Waals surface area (Å²) in [6.07, 6.45) is 3.58. The molecule has 2 aromatic rings. The predicted molar refractivity (Wildman–Crippen MR) is 109 cm³/mol. The minimum Gasteiger partial charge on any atom is -0.497 e. The van der Waals surface area contributed by atoms with E-state index in [9.17, 15) is 4.79 Å². The standard InChI is InChI=1S/C23H30N2O2/c1-16(20-5-4-6-23(14-20)27-3)25-22-12-11-21(13-22)19-9-7-18(8-10-19)15-24-17(2)26/h4-10,14,16,21-22,25H,11-13,15H2,1-3H3,(H,24,26)/t16-,21?,22?/m1/s1. The molecule has 1 saturated carbocycles. The van der Waals surface area contributed by atoms with Gasteiger partial charge in [0.05, 0.1) is 7.11 Å². The van der Waals surface area contributed by atoms with E-state index in [0.29, 0.717) is 24.5 Å². The lowest BCUT2D eigenvalue weighted by atomic mass is 9.96. The van der Waals surface area contributed by atoms with Gasteiger partial charge in [-0.3, -0.25) is 4.79 Å². The number of hydrogen-bond acceptors (Lipinski definition) is 3. The molecule has 2 unspecified atom stereocenters. The normalized spacial score (nSPS) is 20.3. The van der Waals surface area contributed by atoms with Crippen LogP contribution >= 0.6 is 0 Å². The van der Waals surface area contributed by atoms with E-state index in [1.165, 1.54) is 30.4 Å². The number of amides is 1. The van der Waals surface area contributed by atoms with Crippen molar-refractivity contribution in [2.45, 2.75) is 57.7 Å². The number of ether oxygens (including phenoxy) is 1. The lowest BCUT2D eigenvalue weighted by Gasteiger charge is -2.20. The zero-order valence-corrected chi connectivity index (χ0v) is 16.5. The first-order valence-electron chi connectivity index (χ1n) is 9.78. The smallest absolute Gasteiger partial charge is 0.217 e. The van der Waals surface area contributed by atoms with Crippen LogP contribution in [0.1, 0.15) is 61.8 Å². The fourth-order valence-electron chi connectivity index (χ4n) is 3.93. The predicted octanol–water partition coefficient (Wildman–Crippen LogP) is 4.32. The van der Waals surface area contributed by atoms with Crippen LogP contribution in [0.25, 0.3) is 0 Å². The molecule has 0 heterocycles. The lowest BCUT2D eigenvalue weighted by molar-refractivity contribution is -0.119. The molecule has 2 aromatic carbocycles. The molecule has 0 bridgehead atoms. The van der Waals surface area contributed by atoms with Gasteiger partial charge in [-0.2, -0.15) is 0 Å². The van der Waals surface area contributed by atoms with Gasteiger partial charge in [0, 0.05) is 25.6 Å². The van der Waals surface area contributed by atoms with Gasteiger partial charge in [-0.05, 0) is 60.9 Å². The Morgan fingerprint density at radius 1 is 1.19 bits per heavy atom. The quantitative estimate of drug-likeness (QED) is 0.767. The lowest BCUT2D eigenvalue weighted by Crippen LogP contribution is -2.29. The second-order valence-electron chi connectivity index (χ2n) is 7.52. The summed E-state index contributed by atoms with van der Waals surface area (Å²) in [7, 11) is 1.71. The summed E-state index contributed by atoms with van der Waals surface area (Å²) < 4.78 is 5.34. The number of rotatable bonds is 7. The molecule has 27 heavy (non-hydrogen) atoms. The summed E-state index contributed by atoms with van der Waals surface area (Å²) in [5, 5.41) is 6.63. The molecule has 0 aromatic heterocycles. The van der Waals surface area contributed by atoms with Crippen molar-refractivity contribution in [2.75, 3.05) is 7.11 Å². The van der Waals surface area contributed by atoms with E-state index in [1.54, 1.807) is 14.0 Å². The number of nitrogens with one attached hydrogen (secondary N) is 2. The maximum absolute atomic E-state index is 11.0. The molecule has 1 aliphatic rings. The van der Waals surface area contributed by atoms with Crippen LogP contribution < -0.4 is 15.4 Å². The van der Waals surface area contributed by atoms with Gasteiger partial charge in [-0.1, -0.05) is 36.4 Å². The average Bonchev–Trinajstić information content (AvgIpc) is 3.15. The Kier molecular flexibility index (Phi) is 6.51. The summed E-state index contributed by atoms with van der Waals surface area (Å²) in [5.74, 6) is 1.52. The van der Waals surface area contributed by atoms with Crippen molar-refractivity contribution in [3.05, 3.63) is 65.2 Å². The second-order valence-corrected chi connectivity index (χ2v) is 7.52. The molecule has 4 heteroatoms. The summed E-state index contributed by atoms with van der Waals surface area (Å²) in [6.45, 7) is 4.37. The number of methoxy groups -OCH3 is 1. The zero-order valence-electron chi connectivity index (χ0n) is 16.5. The zero-order chi connectivity index (χ0) is 19.2. The SMILES string of the molecule is COc1cccc([C@@H](C)NC2CCC(c3ccc(CNC(C)=O)cc3)C2)c1. The van der Waals surface area contributed by atoms with Crippen LogP contribution in [0.3, 0.4) is 0 Å². The van der Waals surface area contributed by atoms with Gasteiger partial charge in [0.2, 0.25) is 5.91 Å². The molecule has 1 aliphatic carbocycles. The molecule has 3 atom stereocenters. The van der Waals surface area contributed by atoms with Crippen molar-refractivity contribution in [3.63, 3.8) is 0 Å². The minimum atomic E-state index is 0.00828. The number of carbonyl (C=O) groups is 1. The highest BCUT2D eigenvalue weighted by Crippen LogP contribution is 2.35. The summed E-state index contributed by atoms with van der Waals surface area (Å²) >= 11 is 0. The topological polar surface area (TPSA) is 50.4 Å². The van der Waals surface area contributed by atoms with E-state index >= 15 is 0 Å². The fourth-order valence-corrected chi connectivity index (χ4v) is 3.93. The highest BCUT2D eigenvalue weighted by atomic mass is 16.5. The molecule has 1 amide bonds. The van der Waals surface area contributed by atoms with Crippen molar-refractivity contribution >= 4 is 5.91 Å². The molecule has 0 aliphatic heterocycles. The number of hydrogen-bond donors (Lipinski definition) is 2. The van der Waals surface area contributed by atoms with Crippen molar-refractivity contribution in [1.29, 1.82) is 0 Å². The second kappa shape index (κ2) is 9.05. The van der Waals surface area contributed by atoms with E-state index in [-0.39, 0.29) is 5.91 Å². The Labute approximate surface area is 162 Å². The summed E-state index contributed by atoms with van der Waals surface area (Å²) in [5.41, 5.74) is 3.81. The third-order valence-corrected chi connectivity index (χ3v) is 5.50.